The lowest BCUT2D eigenvalue weighted by Gasteiger charge is -2.69. The van der Waals surface area contributed by atoms with E-state index in [-0.39, 0.29) is 28.3 Å². The van der Waals surface area contributed by atoms with Crippen molar-refractivity contribution in [3.05, 3.63) is 77.8 Å². The van der Waals surface area contributed by atoms with Crippen LogP contribution in [0.2, 0.25) is 0 Å². The number of fused-ring (bicyclic) bond motifs is 7. The number of nitrogens with two attached hydrogens (primary N) is 1. The largest absolute Gasteiger partial charge is 0.486 e. The molecule has 5 aliphatic rings. The second-order valence-corrected chi connectivity index (χ2v) is 22.8. The van der Waals surface area contributed by atoms with Crippen molar-refractivity contribution in [3.8, 4) is 0 Å². The number of esters is 1. The van der Waals surface area contributed by atoms with Crippen LogP contribution in [0.5, 0.6) is 0 Å². The highest BCUT2D eigenvalue weighted by atomic mass is 35.5. The first-order valence-corrected chi connectivity index (χ1v) is 27.2. The van der Waals surface area contributed by atoms with Gasteiger partial charge in [-0.2, -0.15) is 5.10 Å². The number of unbranched alkanes of at least 4 members (excludes halogenated alkanes) is 1. The average molecular weight is 966 g/mol. The fourth-order valence-electron chi connectivity index (χ4n) is 13.2. The molecule has 4 fully saturated rings. The van der Waals surface area contributed by atoms with Crippen LogP contribution in [0.15, 0.2) is 82.9 Å². The van der Waals surface area contributed by atoms with Crippen LogP contribution >= 0.6 is 11.6 Å². The number of hydrogen-bond donors (Lipinski definition) is 1. The minimum absolute atomic E-state index is 0.0154. The lowest BCUT2D eigenvalue weighted by atomic mass is 9.36. The SMILES string of the molecule is C=C.C=C(Cl)\C=C/C(=C\CCC)C(/C)=N/N.C=C=C(CC(C)(C)C(=O)OC(C)(C)C)OC1CCC2(C)C(CCC3(C)C4CCC5(CC)CC(=O)C(C(C)C)=C5C4CCC32)C1(C)C.CC.CC.CC. The van der Waals surface area contributed by atoms with Crippen LogP contribution in [0.1, 0.15) is 222 Å². The molecule has 5 rings (SSSR count). The Hall–Kier alpha value is -3.08. The van der Waals surface area contributed by atoms with E-state index in [4.69, 9.17) is 26.9 Å². The maximum Gasteiger partial charge on any atom is 0.312 e. The molecule has 8 unspecified atom stereocenters. The van der Waals surface area contributed by atoms with Gasteiger partial charge in [0.1, 0.15) is 17.5 Å². The molecule has 6 nitrogen and oxygen atoms in total. The normalized spacial score (nSPS) is 29.3. The zero-order valence-corrected chi connectivity index (χ0v) is 48.5. The number of hydrogen-bond acceptors (Lipinski definition) is 6. The molecular formula is C61H105ClN2O4. The number of carbonyl (C=O) groups is 2. The summed E-state index contributed by atoms with van der Waals surface area (Å²) in [6, 6.07) is 0. The molecule has 0 amide bonds. The average Bonchev–Trinajstić information content (AvgIpc) is 3.61. The summed E-state index contributed by atoms with van der Waals surface area (Å²) in [4.78, 5) is 26.5. The smallest absolute Gasteiger partial charge is 0.312 e. The second kappa shape index (κ2) is 28.1. The van der Waals surface area contributed by atoms with Crippen molar-refractivity contribution in [1.82, 2.24) is 0 Å². The van der Waals surface area contributed by atoms with Crippen LogP contribution in [-0.4, -0.2) is 29.2 Å². The minimum Gasteiger partial charge on any atom is -0.486 e. The molecule has 7 heteroatoms. The Bertz CT molecular complexity index is 1820. The second-order valence-electron chi connectivity index (χ2n) is 22.3. The molecule has 0 radical (unpaired) electrons. The number of ether oxygens (including phenoxy) is 2. The molecule has 68 heavy (non-hydrogen) atoms. The molecule has 0 aromatic heterocycles. The Kier molecular flexibility index (Phi) is 26.8. The first kappa shape index (κ1) is 64.9. The van der Waals surface area contributed by atoms with Crippen molar-refractivity contribution < 1.29 is 19.1 Å². The third kappa shape index (κ3) is 15.0. The van der Waals surface area contributed by atoms with E-state index in [2.05, 4.69) is 98.6 Å². The van der Waals surface area contributed by atoms with Gasteiger partial charge < -0.3 is 15.3 Å². The standard InChI is InChI=1S/C42H66O4.C11H17ClN2.3C2H6.C2H4/c1-14-27(24-38(8,9)36(44)46-37(5,6)7)45-33-20-22-41(13)31(39(33,10)11)19-21-40(12)29-18-23-42(15-2)25-30(43)34(26(3)4)35(42)28(29)16-17-32(40)41;1-4-5-6-11(10(3)14-13)8-7-9(2)12;4*1-2/h26,28-29,31-33H,1,15-25H2,2-13H3;6-8H,2,4-5,13H2,1,3H3;3*1-2H3;1-2H2/b;8-7-,11-6+,14-10+;;;;. The van der Waals surface area contributed by atoms with Gasteiger partial charge in [-0.25, -0.2) is 0 Å². The van der Waals surface area contributed by atoms with E-state index in [0.717, 1.165) is 43.4 Å². The Balaban J connectivity index is 0.00000172. The fourth-order valence-corrected chi connectivity index (χ4v) is 13.2. The lowest BCUT2D eigenvalue weighted by molar-refractivity contribution is -0.206. The summed E-state index contributed by atoms with van der Waals surface area (Å²) in [6.45, 7) is 56.1. The van der Waals surface area contributed by atoms with Crippen LogP contribution in [0.4, 0.5) is 0 Å². The monoisotopic (exact) mass is 965 g/mol. The number of ketones is 1. The van der Waals surface area contributed by atoms with Gasteiger partial charge in [-0.05, 0) is 169 Å². The highest BCUT2D eigenvalue weighted by Crippen LogP contribution is 2.73. The Labute approximate surface area is 425 Å². The number of allylic oxidation sites excluding steroid dienone is 8. The van der Waals surface area contributed by atoms with Crippen LogP contribution < -0.4 is 5.84 Å². The van der Waals surface area contributed by atoms with Gasteiger partial charge in [-0.15, -0.1) is 13.2 Å². The summed E-state index contributed by atoms with van der Waals surface area (Å²) in [6.07, 6.45) is 19.8. The van der Waals surface area contributed by atoms with Crippen LogP contribution in [0.3, 0.4) is 0 Å². The van der Waals surface area contributed by atoms with Crippen molar-refractivity contribution >= 4 is 29.1 Å². The van der Waals surface area contributed by atoms with Gasteiger partial charge >= 0.3 is 5.97 Å². The summed E-state index contributed by atoms with van der Waals surface area (Å²) in [5.41, 5.74) is 7.14. The molecule has 8 atom stereocenters. The van der Waals surface area contributed by atoms with E-state index in [1.54, 1.807) is 11.6 Å². The van der Waals surface area contributed by atoms with Crippen LogP contribution in [0, 0.1) is 56.7 Å². The third-order valence-corrected chi connectivity index (χ3v) is 16.2. The van der Waals surface area contributed by atoms with E-state index in [9.17, 15) is 9.59 Å². The number of halogens is 1. The maximum atomic E-state index is 13.5. The van der Waals surface area contributed by atoms with Crippen molar-refractivity contribution in [2.75, 3.05) is 0 Å². The zero-order valence-electron chi connectivity index (χ0n) is 47.8. The Morgan fingerprint density at radius 2 is 1.47 bits per heavy atom. The lowest BCUT2D eigenvalue weighted by Crippen LogP contribution is -2.62. The highest BCUT2D eigenvalue weighted by molar-refractivity contribution is 6.30. The number of carbonyl (C=O) groups excluding carboxylic acids is 2. The predicted molar refractivity (Wildman–Crippen MR) is 297 cm³/mol. The summed E-state index contributed by atoms with van der Waals surface area (Å²) >= 11 is 5.62. The van der Waals surface area contributed by atoms with E-state index in [1.165, 1.54) is 50.5 Å². The topological polar surface area (TPSA) is 91.0 Å². The molecule has 390 valence electrons. The van der Waals surface area contributed by atoms with Gasteiger partial charge in [0.25, 0.3) is 0 Å². The van der Waals surface area contributed by atoms with E-state index < -0.39 is 11.0 Å². The molecule has 0 spiro atoms. The van der Waals surface area contributed by atoms with Gasteiger partial charge in [-0.3, -0.25) is 9.59 Å². The van der Waals surface area contributed by atoms with Gasteiger partial charge in [0.2, 0.25) is 0 Å². The molecule has 5 aliphatic carbocycles. The summed E-state index contributed by atoms with van der Waals surface area (Å²) in [5, 5.41) is 4.14. The Morgan fingerprint density at radius 1 is 0.897 bits per heavy atom. The highest BCUT2D eigenvalue weighted by Gasteiger charge is 2.66. The molecule has 4 saturated carbocycles. The molecular weight excluding hydrogens is 860 g/mol. The molecule has 0 saturated heterocycles. The number of nitrogens with zero attached hydrogens (tertiary/aromatic N) is 1. The third-order valence-electron chi connectivity index (χ3n) is 16.1. The number of hydrazone groups is 1. The molecule has 0 aliphatic heterocycles. The van der Waals surface area contributed by atoms with Gasteiger partial charge in [0.05, 0.1) is 11.1 Å². The van der Waals surface area contributed by atoms with Crippen LogP contribution in [0.25, 0.3) is 0 Å². The zero-order chi connectivity index (χ0) is 53.2. The Morgan fingerprint density at radius 3 is 1.96 bits per heavy atom. The van der Waals surface area contributed by atoms with Crippen molar-refractivity contribution in [1.29, 1.82) is 0 Å². The van der Waals surface area contributed by atoms with E-state index in [0.29, 0.717) is 58.0 Å². The molecule has 2 N–H and O–H groups in total. The molecule has 0 heterocycles. The predicted octanol–water partition coefficient (Wildman–Crippen LogP) is 18.0. The van der Waals surface area contributed by atoms with Crippen LogP contribution in [-0.2, 0) is 19.1 Å². The number of rotatable bonds is 12. The minimum atomic E-state index is -0.726. The summed E-state index contributed by atoms with van der Waals surface area (Å²) < 4.78 is 12.6. The summed E-state index contributed by atoms with van der Waals surface area (Å²) in [5.74, 6) is 8.98. The summed E-state index contributed by atoms with van der Waals surface area (Å²) in [7, 11) is 0. The quantitative estimate of drug-likeness (QED) is 0.0308. The molecule has 0 bridgehead atoms. The van der Waals surface area contributed by atoms with E-state index >= 15 is 0 Å². The van der Waals surface area contributed by atoms with Gasteiger partial charge in [0.15, 0.2) is 5.78 Å². The van der Waals surface area contributed by atoms with E-state index in [1.807, 2.05) is 89.2 Å². The molecule has 0 aromatic rings. The maximum absolute atomic E-state index is 13.5. The van der Waals surface area contributed by atoms with Crippen molar-refractivity contribution in [3.63, 3.8) is 0 Å². The van der Waals surface area contributed by atoms with Crippen molar-refractivity contribution in [2.24, 2.45) is 67.6 Å². The van der Waals surface area contributed by atoms with Gasteiger partial charge in [-0.1, -0.05) is 152 Å². The number of Topliss-reactive ketones (excluding diaryl/α,β-unsaturated/α-hetero) is 1. The van der Waals surface area contributed by atoms with Crippen molar-refractivity contribution in [2.45, 2.75) is 234 Å². The fraction of sp³-hybridized carbons (Fsp3) is 0.738. The first-order chi connectivity index (χ1) is 31.8. The molecule has 0 aromatic carbocycles. The first-order valence-electron chi connectivity index (χ1n) is 26.8. The van der Waals surface area contributed by atoms with Gasteiger partial charge in [0, 0.05) is 23.3 Å².